The van der Waals surface area contributed by atoms with Gasteiger partial charge in [0.1, 0.15) is 6.29 Å². The molecule has 2 nitrogen and oxygen atoms in total. The van der Waals surface area contributed by atoms with Crippen LogP contribution in [0.4, 0.5) is 0 Å². The molecule has 0 aliphatic rings. The minimum Gasteiger partial charge on any atom is -0.349 e. The molecule has 0 saturated carbocycles. The summed E-state index contributed by atoms with van der Waals surface area (Å²) >= 11 is 5.96. The van der Waals surface area contributed by atoms with Crippen molar-refractivity contribution in [3.63, 3.8) is 0 Å². The minimum atomic E-state index is 0.672. The van der Waals surface area contributed by atoms with Crippen molar-refractivity contribution in [1.82, 2.24) is 4.57 Å². The first-order valence-corrected chi connectivity index (χ1v) is 4.30. The third kappa shape index (κ3) is 1.23. The standard InChI is InChI=1S/C10H8ClNO/c1-12-5-9(11)8-3-2-7(6-13)4-10(8)12/h2-6H,1H3. The fourth-order valence-corrected chi connectivity index (χ4v) is 1.73. The molecular weight excluding hydrogens is 186 g/mol. The maximum Gasteiger partial charge on any atom is 0.150 e. The van der Waals surface area contributed by atoms with Crippen molar-refractivity contribution < 1.29 is 4.79 Å². The Bertz CT molecular complexity index is 473. The monoisotopic (exact) mass is 193 g/mol. The molecule has 1 heterocycles. The minimum absolute atomic E-state index is 0.672. The lowest BCUT2D eigenvalue weighted by Crippen LogP contribution is -1.85. The molecule has 3 heteroatoms. The third-order valence-corrected chi connectivity index (χ3v) is 2.40. The Hall–Kier alpha value is -1.28. The van der Waals surface area contributed by atoms with Gasteiger partial charge < -0.3 is 4.57 Å². The fourth-order valence-electron chi connectivity index (χ4n) is 1.42. The van der Waals surface area contributed by atoms with E-state index in [1.54, 1.807) is 6.07 Å². The molecule has 2 aromatic rings. The molecule has 0 saturated heterocycles. The summed E-state index contributed by atoms with van der Waals surface area (Å²) in [5, 5.41) is 1.70. The van der Waals surface area contributed by atoms with E-state index in [-0.39, 0.29) is 0 Å². The van der Waals surface area contributed by atoms with Gasteiger partial charge in [0.15, 0.2) is 0 Å². The van der Waals surface area contributed by atoms with Gasteiger partial charge in [0.05, 0.1) is 5.02 Å². The number of nitrogens with zero attached hydrogens (tertiary/aromatic N) is 1. The molecule has 1 aromatic heterocycles. The average Bonchev–Trinajstić information content (AvgIpc) is 2.42. The van der Waals surface area contributed by atoms with Gasteiger partial charge >= 0.3 is 0 Å². The largest absolute Gasteiger partial charge is 0.349 e. The summed E-state index contributed by atoms with van der Waals surface area (Å²) in [4.78, 5) is 10.5. The molecule has 0 unspecified atom stereocenters. The van der Waals surface area contributed by atoms with E-state index < -0.39 is 0 Å². The van der Waals surface area contributed by atoms with Crippen LogP contribution >= 0.6 is 11.6 Å². The molecule has 0 N–H and O–H groups in total. The highest BCUT2D eigenvalue weighted by molar-refractivity contribution is 6.35. The predicted molar refractivity (Wildman–Crippen MR) is 53.3 cm³/mol. The van der Waals surface area contributed by atoms with Crippen molar-refractivity contribution in [1.29, 1.82) is 0 Å². The molecule has 0 bridgehead atoms. The zero-order chi connectivity index (χ0) is 9.42. The highest BCUT2D eigenvalue weighted by atomic mass is 35.5. The van der Waals surface area contributed by atoms with E-state index in [1.807, 2.05) is 29.9 Å². The van der Waals surface area contributed by atoms with Crippen molar-refractivity contribution in [3.05, 3.63) is 35.0 Å². The van der Waals surface area contributed by atoms with Gasteiger partial charge in [0, 0.05) is 29.7 Å². The molecule has 66 valence electrons. The predicted octanol–water partition coefficient (Wildman–Crippen LogP) is 2.64. The molecule has 0 fully saturated rings. The van der Waals surface area contributed by atoms with Gasteiger partial charge in [0.2, 0.25) is 0 Å². The van der Waals surface area contributed by atoms with Crippen LogP contribution in [-0.4, -0.2) is 10.9 Å². The van der Waals surface area contributed by atoms with Crippen LogP contribution in [0.1, 0.15) is 10.4 Å². The van der Waals surface area contributed by atoms with Crippen molar-refractivity contribution in [2.45, 2.75) is 0 Å². The lowest BCUT2D eigenvalue weighted by molar-refractivity contribution is 0.112. The number of carbonyl (C=O) groups excluding carboxylic acids is 1. The van der Waals surface area contributed by atoms with Gasteiger partial charge in [-0.15, -0.1) is 0 Å². The number of rotatable bonds is 1. The van der Waals surface area contributed by atoms with Crippen molar-refractivity contribution in [3.8, 4) is 0 Å². The number of hydrogen-bond donors (Lipinski definition) is 0. The van der Waals surface area contributed by atoms with Crippen molar-refractivity contribution >= 4 is 28.8 Å². The van der Waals surface area contributed by atoms with Gasteiger partial charge in [-0.3, -0.25) is 4.79 Å². The smallest absolute Gasteiger partial charge is 0.150 e. The number of hydrogen-bond acceptors (Lipinski definition) is 1. The van der Waals surface area contributed by atoms with Crippen LogP contribution in [0.5, 0.6) is 0 Å². The van der Waals surface area contributed by atoms with Crippen LogP contribution in [0.2, 0.25) is 5.02 Å². The van der Waals surface area contributed by atoms with E-state index in [0.717, 1.165) is 22.2 Å². The zero-order valence-corrected chi connectivity index (χ0v) is 7.88. The van der Waals surface area contributed by atoms with E-state index in [2.05, 4.69) is 0 Å². The van der Waals surface area contributed by atoms with Crippen LogP contribution in [0.3, 0.4) is 0 Å². The van der Waals surface area contributed by atoms with E-state index in [4.69, 9.17) is 11.6 Å². The fraction of sp³-hybridized carbons (Fsp3) is 0.100. The Kier molecular flexibility index (Phi) is 1.85. The Morgan fingerprint density at radius 2 is 2.23 bits per heavy atom. The molecular formula is C10H8ClNO. The lowest BCUT2D eigenvalue weighted by atomic mass is 10.2. The summed E-state index contributed by atoms with van der Waals surface area (Å²) in [6, 6.07) is 5.46. The van der Waals surface area contributed by atoms with E-state index in [0.29, 0.717) is 5.56 Å². The lowest BCUT2D eigenvalue weighted by Gasteiger charge is -1.95. The van der Waals surface area contributed by atoms with Crippen molar-refractivity contribution in [2.75, 3.05) is 0 Å². The van der Waals surface area contributed by atoms with Crippen LogP contribution in [-0.2, 0) is 7.05 Å². The molecule has 13 heavy (non-hydrogen) atoms. The first-order valence-electron chi connectivity index (χ1n) is 3.92. The first-order chi connectivity index (χ1) is 6.22. The molecule has 0 aliphatic carbocycles. The number of aryl methyl sites for hydroxylation is 1. The topological polar surface area (TPSA) is 22.0 Å². The Morgan fingerprint density at radius 1 is 1.46 bits per heavy atom. The number of benzene rings is 1. The summed E-state index contributed by atoms with van der Waals surface area (Å²) in [5.74, 6) is 0. The second-order valence-electron chi connectivity index (χ2n) is 2.98. The molecule has 0 amide bonds. The third-order valence-electron chi connectivity index (χ3n) is 2.10. The van der Waals surface area contributed by atoms with Gasteiger partial charge in [-0.05, 0) is 6.07 Å². The Labute approximate surface area is 80.7 Å². The number of halogens is 1. The van der Waals surface area contributed by atoms with Gasteiger partial charge in [0.25, 0.3) is 0 Å². The summed E-state index contributed by atoms with van der Waals surface area (Å²) in [6.45, 7) is 0. The molecule has 2 rings (SSSR count). The Morgan fingerprint density at radius 3 is 2.92 bits per heavy atom. The van der Waals surface area contributed by atoms with Crippen LogP contribution in [0.15, 0.2) is 24.4 Å². The van der Waals surface area contributed by atoms with Crippen LogP contribution in [0, 0.1) is 0 Å². The summed E-state index contributed by atoms with van der Waals surface area (Å²) < 4.78 is 1.91. The molecule has 0 spiro atoms. The number of aldehydes is 1. The second kappa shape index (κ2) is 2.89. The highest BCUT2D eigenvalue weighted by Crippen LogP contribution is 2.25. The summed E-state index contributed by atoms with van der Waals surface area (Å²) in [7, 11) is 1.91. The maximum atomic E-state index is 10.5. The molecule has 0 atom stereocenters. The number of fused-ring (bicyclic) bond motifs is 1. The van der Waals surface area contributed by atoms with Gasteiger partial charge in [-0.1, -0.05) is 23.7 Å². The average molecular weight is 194 g/mol. The van der Waals surface area contributed by atoms with E-state index in [1.165, 1.54) is 0 Å². The summed E-state index contributed by atoms with van der Waals surface area (Å²) in [6.07, 6.45) is 2.67. The molecule has 0 radical (unpaired) electrons. The van der Waals surface area contributed by atoms with Gasteiger partial charge in [-0.25, -0.2) is 0 Å². The quantitative estimate of drug-likeness (QED) is 0.639. The summed E-state index contributed by atoms with van der Waals surface area (Å²) in [5.41, 5.74) is 1.65. The zero-order valence-electron chi connectivity index (χ0n) is 7.12. The number of carbonyl (C=O) groups is 1. The molecule has 0 aliphatic heterocycles. The second-order valence-corrected chi connectivity index (χ2v) is 3.39. The van der Waals surface area contributed by atoms with E-state index in [9.17, 15) is 4.79 Å². The Balaban J connectivity index is 2.83. The maximum absolute atomic E-state index is 10.5. The molecule has 1 aromatic carbocycles. The highest BCUT2D eigenvalue weighted by Gasteiger charge is 2.04. The van der Waals surface area contributed by atoms with Gasteiger partial charge in [-0.2, -0.15) is 0 Å². The SMILES string of the molecule is Cn1cc(Cl)c2ccc(C=O)cc21. The number of aromatic nitrogens is 1. The van der Waals surface area contributed by atoms with E-state index >= 15 is 0 Å². The van der Waals surface area contributed by atoms with Crippen molar-refractivity contribution in [2.24, 2.45) is 7.05 Å². The van der Waals surface area contributed by atoms with Crippen LogP contribution < -0.4 is 0 Å². The van der Waals surface area contributed by atoms with Crippen LogP contribution in [0.25, 0.3) is 10.9 Å². The normalized spacial score (nSPS) is 10.6. The first kappa shape index (κ1) is 8.32.